The van der Waals surface area contributed by atoms with Gasteiger partial charge in [0, 0.05) is 24.1 Å². The number of methoxy groups -OCH3 is 1. The van der Waals surface area contributed by atoms with Gasteiger partial charge in [0.05, 0.1) is 13.7 Å². The molecular formula is C23H25NO5. The lowest BCUT2D eigenvalue weighted by molar-refractivity contribution is -0.149. The molecule has 0 radical (unpaired) electrons. The number of likely N-dealkylation sites (N-methyl/N-ethyl adjacent to an activating group) is 1. The monoisotopic (exact) mass is 395 g/mol. The van der Waals surface area contributed by atoms with Crippen molar-refractivity contribution in [2.24, 2.45) is 0 Å². The van der Waals surface area contributed by atoms with Crippen LogP contribution in [0.2, 0.25) is 0 Å². The average molecular weight is 395 g/mol. The van der Waals surface area contributed by atoms with E-state index < -0.39 is 11.7 Å². The van der Waals surface area contributed by atoms with Crippen molar-refractivity contribution in [2.45, 2.75) is 25.9 Å². The van der Waals surface area contributed by atoms with Gasteiger partial charge in [-0.3, -0.25) is 9.69 Å². The van der Waals surface area contributed by atoms with E-state index in [0.717, 1.165) is 16.5 Å². The summed E-state index contributed by atoms with van der Waals surface area (Å²) in [6, 6.07) is 16.2. The maximum atomic E-state index is 12.6. The molecule has 0 fully saturated rings. The minimum absolute atomic E-state index is 0.284. The molecule has 29 heavy (non-hydrogen) atoms. The molecule has 0 aliphatic rings. The Hall–Kier alpha value is -3.12. The molecule has 0 aliphatic heterocycles. The summed E-state index contributed by atoms with van der Waals surface area (Å²) in [4.78, 5) is 26.6. The molecule has 0 spiro atoms. The van der Waals surface area contributed by atoms with Crippen LogP contribution in [0, 0.1) is 0 Å². The van der Waals surface area contributed by atoms with Gasteiger partial charge in [0.25, 0.3) is 0 Å². The van der Waals surface area contributed by atoms with Crippen LogP contribution >= 0.6 is 0 Å². The van der Waals surface area contributed by atoms with Gasteiger partial charge in [-0.2, -0.15) is 0 Å². The zero-order valence-electron chi connectivity index (χ0n) is 16.9. The van der Waals surface area contributed by atoms with Crippen LogP contribution in [0.1, 0.15) is 18.1 Å². The number of benzene rings is 2. The molecule has 1 aromatic heterocycles. The Labute approximate surface area is 169 Å². The first-order valence-electron chi connectivity index (χ1n) is 9.53. The highest BCUT2D eigenvalue weighted by molar-refractivity contribution is 5.81. The summed E-state index contributed by atoms with van der Waals surface area (Å²) in [7, 11) is 3.42. The van der Waals surface area contributed by atoms with Crippen molar-refractivity contribution >= 4 is 16.9 Å². The number of ether oxygens (including phenoxy) is 2. The van der Waals surface area contributed by atoms with Crippen molar-refractivity contribution in [1.29, 1.82) is 0 Å². The number of rotatable bonds is 8. The van der Waals surface area contributed by atoms with Gasteiger partial charge >= 0.3 is 11.6 Å². The molecule has 0 aliphatic carbocycles. The minimum atomic E-state index is -0.474. The molecule has 0 amide bonds. The highest BCUT2D eigenvalue weighted by atomic mass is 16.5. The number of nitrogens with zero attached hydrogens (tertiary/aromatic N) is 1. The van der Waals surface area contributed by atoms with E-state index in [1.165, 1.54) is 6.07 Å². The lowest BCUT2D eigenvalue weighted by Gasteiger charge is -2.27. The summed E-state index contributed by atoms with van der Waals surface area (Å²) in [5.74, 6) is 0.326. The molecule has 6 nitrogen and oxygen atoms in total. The molecule has 1 heterocycles. The van der Waals surface area contributed by atoms with E-state index in [0.29, 0.717) is 30.9 Å². The minimum Gasteiger partial charge on any atom is -0.497 e. The normalized spacial score (nSPS) is 12.1. The van der Waals surface area contributed by atoms with Crippen molar-refractivity contribution in [2.75, 3.05) is 20.8 Å². The molecule has 6 heteroatoms. The molecule has 2 aromatic carbocycles. The summed E-state index contributed by atoms with van der Waals surface area (Å²) in [5.41, 5.74) is 1.84. The fraction of sp³-hybridized carbons (Fsp3) is 0.304. The van der Waals surface area contributed by atoms with Crippen molar-refractivity contribution in [1.82, 2.24) is 4.90 Å². The number of esters is 1. The number of fused-ring (bicyclic) bond motifs is 1. The largest absolute Gasteiger partial charge is 0.497 e. The summed E-state index contributed by atoms with van der Waals surface area (Å²) in [5, 5.41) is 0.805. The number of hydrogen-bond acceptors (Lipinski definition) is 6. The molecule has 152 valence electrons. The maximum Gasteiger partial charge on any atom is 0.336 e. The van der Waals surface area contributed by atoms with Crippen LogP contribution in [0.3, 0.4) is 0 Å². The van der Waals surface area contributed by atoms with Gasteiger partial charge in [0.1, 0.15) is 17.4 Å². The van der Waals surface area contributed by atoms with Gasteiger partial charge in [0.15, 0.2) is 0 Å². The maximum absolute atomic E-state index is 12.6. The highest BCUT2D eigenvalue weighted by Gasteiger charge is 2.25. The van der Waals surface area contributed by atoms with E-state index in [1.807, 2.05) is 54.4 Å². The zero-order valence-corrected chi connectivity index (χ0v) is 16.9. The van der Waals surface area contributed by atoms with Gasteiger partial charge in [0.2, 0.25) is 0 Å². The SMILES string of the molecule is CCOC(=O)C(Cc1ccccc1)N(C)Cc1cc(=O)oc2cc(OC)ccc12. The summed E-state index contributed by atoms with van der Waals surface area (Å²) < 4.78 is 15.8. The van der Waals surface area contributed by atoms with Gasteiger partial charge in [-0.15, -0.1) is 0 Å². The smallest absolute Gasteiger partial charge is 0.336 e. The third-order valence-electron chi connectivity index (χ3n) is 4.82. The first-order valence-corrected chi connectivity index (χ1v) is 9.53. The summed E-state index contributed by atoms with van der Waals surface area (Å²) in [6.45, 7) is 2.50. The van der Waals surface area contributed by atoms with Crippen molar-refractivity contribution in [3.05, 3.63) is 76.1 Å². The van der Waals surface area contributed by atoms with Crippen LogP contribution in [0.15, 0.2) is 63.8 Å². The molecule has 0 bridgehead atoms. The molecular weight excluding hydrogens is 370 g/mol. The van der Waals surface area contributed by atoms with Crippen molar-refractivity contribution in [3.8, 4) is 5.75 Å². The Morgan fingerprint density at radius 2 is 1.90 bits per heavy atom. The standard InChI is InChI=1S/C23H25NO5/c1-4-28-23(26)20(12-16-8-6-5-7-9-16)24(2)15-17-13-22(25)29-21-14-18(27-3)10-11-19(17)21/h5-11,13-14,20H,4,12,15H2,1-3H3. The number of carbonyl (C=O) groups excluding carboxylic acids is 1. The van der Waals surface area contributed by atoms with Gasteiger partial charge in [-0.05, 0) is 43.7 Å². The molecule has 3 aromatic rings. The number of carbonyl (C=O) groups is 1. The van der Waals surface area contributed by atoms with Crippen LogP contribution in [0.25, 0.3) is 11.0 Å². The molecule has 1 unspecified atom stereocenters. The lowest BCUT2D eigenvalue weighted by Crippen LogP contribution is -2.41. The van der Waals surface area contributed by atoms with Gasteiger partial charge in [-0.1, -0.05) is 30.3 Å². The van der Waals surface area contributed by atoms with Crippen LogP contribution < -0.4 is 10.4 Å². The van der Waals surface area contributed by atoms with Gasteiger partial charge < -0.3 is 13.9 Å². The van der Waals surface area contributed by atoms with E-state index in [4.69, 9.17) is 13.9 Å². The highest BCUT2D eigenvalue weighted by Crippen LogP contribution is 2.24. The third-order valence-corrected chi connectivity index (χ3v) is 4.82. The topological polar surface area (TPSA) is 69.0 Å². The van der Waals surface area contributed by atoms with Crippen molar-refractivity contribution in [3.63, 3.8) is 0 Å². The second kappa shape index (κ2) is 9.39. The molecule has 3 rings (SSSR count). The van der Waals surface area contributed by atoms with Gasteiger partial charge in [-0.25, -0.2) is 4.79 Å². The van der Waals surface area contributed by atoms with Crippen LogP contribution in [-0.4, -0.2) is 37.7 Å². The molecule has 0 N–H and O–H groups in total. The Bertz CT molecular complexity index is 1030. The zero-order chi connectivity index (χ0) is 20.8. The van der Waals surface area contributed by atoms with E-state index in [-0.39, 0.29) is 5.97 Å². The first kappa shape index (κ1) is 20.6. The second-order valence-electron chi connectivity index (χ2n) is 6.83. The molecule has 0 saturated carbocycles. The van der Waals surface area contributed by atoms with Crippen LogP contribution in [0.5, 0.6) is 5.75 Å². The predicted molar refractivity (Wildman–Crippen MR) is 111 cm³/mol. The van der Waals surface area contributed by atoms with E-state index in [1.54, 1.807) is 20.1 Å². The fourth-order valence-electron chi connectivity index (χ4n) is 3.34. The van der Waals surface area contributed by atoms with E-state index in [9.17, 15) is 9.59 Å². The lowest BCUT2D eigenvalue weighted by atomic mass is 10.0. The molecule has 1 atom stereocenters. The Kier molecular flexibility index (Phi) is 6.67. The predicted octanol–water partition coefficient (Wildman–Crippen LogP) is 3.41. The summed E-state index contributed by atoms with van der Waals surface area (Å²) in [6.07, 6.45) is 0.517. The van der Waals surface area contributed by atoms with E-state index in [2.05, 4.69) is 0 Å². The number of hydrogen-bond donors (Lipinski definition) is 0. The fourth-order valence-corrected chi connectivity index (χ4v) is 3.34. The van der Waals surface area contributed by atoms with Crippen LogP contribution in [-0.2, 0) is 22.5 Å². The second-order valence-corrected chi connectivity index (χ2v) is 6.83. The van der Waals surface area contributed by atoms with Crippen LogP contribution in [0.4, 0.5) is 0 Å². The average Bonchev–Trinajstić information content (AvgIpc) is 2.72. The Balaban J connectivity index is 1.91. The Morgan fingerprint density at radius 1 is 1.14 bits per heavy atom. The van der Waals surface area contributed by atoms with Crippen molar-refractivity contribution < 1.29 is 18.7 Å². The quantitative estimate of drug-likeness (QED) is 0.430. The first-order chi connectivity index (χ1) is 14.0. The van der Waals surface area contributed by atoms with E-state index >= 15 is 0 Å². The Morgan fingerprint density at radius 3 is 2.59 bits per heavy atom. The molecule has 0 saturated heterocycles. The third kappa shape index (κ3) is 5.03. The summed E-state index contributed by atoms with van der Waals surface area (Å²) >= 11 is 0.